The predicted octanol–water partition coefficient (Wildman–Crippen LogP) is 5.42. The summed E-state index contributed by atoms with van der Waals surface area (Å²) < 4.78 is 27.4. The summed E-state index contributed by atoms with van der Waals surface area (Å²) >= 11 is 0. The molecule has 0 aliphatic rings. The molecule has 0 aliphatic heterocycles. The number of amides is 1. The third-order valence-corrected chi connectivity index (χ3v) is 4.72. The van der Waals surface area contributed by atoms with Crippen LogP contribution in [-0.4, -0.2) is 10.9 Å². The molecule has 0 fully saturated rings. The molecule has 0 unspecified atom stereocenters. The van der Waals surface area contributed by atoms with Gasteiger partial charge in [-0.3, -0.25) is 4.79 Å². The standard InChI is InChI=1S/C24H18F2N2O/c1-15-6-11-22-19(12-15)20(13-23(28-22)18-4-2-3-5-21(18)26)24(29)27-14-16-7-9-17(25)10-8-16/h2-13H,14H2,1H3,(H,27,29). The van der Waals surface area contributed by atoms with Crippen molar-refractivity contribution in [3.8, 4) is 11.3 Å². The Morgan fingerprint density at radius 2 is 1.72 bits per heavy atom. The number of hydrogen-bond acceptors (Lipinski definition) is 2. The molecule has 144 valence electrons. The van der Waals surface area contributed by atoms with E-state index in [2.05, 4.69) is 10.3 Å². The van der Waals surface area contributed by atoms with Crippen LogP contribution in [0.25, 0.3) is 22.2 Å². The Labute approximate surface area is 167 Å². The molecular weight excluding hydrogens is 370 g/mol. The first kappa shape index (κ1) is 18.7. The number of aromatic nitrogens is 1. The zero-order chi connectivity index (χ0) is 20.4. The fourth-order valence-corrected chi connectivity index (χ4v) is 3.21. The number of nitrogens with one attached hydrogen (secondary N) is 1. The van der Waals surface area contributed by atoms with Gasteiger partial charge in [0.15, 0.2) is 0 Å². The van der Waals surface area contributed by atoms with E-state index in [1.54, 1.807) is 36.4 Å². The minimum Gasteiger partial charge on any atom is -0.348 e. The maximum absolute atomic E-state index is 14.3. The molecule has 0 bridgehead atoms. The molecule has 0 aliphatic carbocycles. The van der Waals surface area contributed by atoms with Crippen LogP contribution in [0.1, 0.15) is 21.5 Å². The number of carbonyl (C=O) groups excluding carboxylic acids is 1. The van der Waals surface area contributed by atoms with E-state index >= 15 is 0 Å². The molecule has 3 nitrogen and oxygen atoms in total. The quantitative estimate of drug-likeness (QED) is 0.507. The van der Waals surface area contributed by atoms with E-state index in [9.17, 15) is 13.6 Å². The Balaban J connectivity index is 1.74. The van der Waals surface area contributed by atoms with Gasteiger partial charge in [0.25, 0.3) is 5.91 Å². The highest BCUT2D eigenvalue weighted by atomic mass is 19.1. The van der Waals surface area contributed by atoms with E-state index in [0.717, 1.165) is 11.1 Å². The lowest BCUT2D eigenvalue weighted by atomic mass is 10.0. The summed E-state index contributed by atoms with van der Waals surface area (Å²) in [4.78, 5) is 17.5. The van der Waals surface area contributed by atoms with Crippen LogP contribution < -0.4 is 5.32 Å². The van der Waals surface area contributed by atoms with Crippen LogP contribution in [0.15, 0.2) is 72.8 Å². The fourth-order valence-electron chi connectivity index (χ4n) is 3.21. The summed E-state index contributed by atoms with van der Waals surface area (Å²) in [6.07, 6.45) is 0. The third kappa shape index (κ3) is 3.99. The zero-order valence-corrected chi connectivity index (χ0v) is 15.7. The van der Waals surface area contributed by atoms with Gasteiger partial charge >= 0.3 is 0 Å². The van der Waals surface area contributed by atoms with Crippen LogP contribution in [0.4, 0.5) is 8.78 Å². The van der Waals surface area contributed by atoms with Crippen LogP contribution in [0, 0.1) is 18.6 Å². The number of rotatable bonds is 4. The molecule has 0 saturated carbocycles. The highest BCUT2D eigenvalue weighted by Crippen LogP contribution is 2.27. The molecule has 29 heavy (non-hydrogen) atoms. The van der Waals surface area contributed by atoms with Crippen molar-refractivity contribution in [1.82, 2.24) is 10.3 Å². The number of pyridine rings is 1. The minimum absolute atomic E-state index is 0.254. The molecule has 1 heterocycles. The highest BCUT2D eigenvalue weighted by Gasteiger charge is 2.16. The smallest absolute Gasteiger partial charge is 0.252 e. The van der Waals surface area contributed by atoms with Gasteiger partial charge in [0.1, 0.15) is 11.6 Å². The van der Waals surface area contributed by atoms with Crippen molar-refractivity contribution in [1.29, 1.82) is 0 Å². The van der Waals surface area contributed by atoms with E-state index in [1.807, 2.05) is 25.1 Å². The van der Waals surface area contributed by atoms with Gasteiger partial charge in [-0.05, 0) is 55.0 Å². The van der Waals surface area contributed by atoms with Crippen LogP contribution >= 0.6 is 0 Å². The first-order valence-electron chi connectivity index (χ1n) is 9.20. The number of benzene rings is 3. The van der Waals surface area contributed by atoms with Gasteiger partial charge in [-0.2, -0.15) is 0 Å². The van der Waals surface area contributed by atoms with Crippen molar-refractivity contribution in [2.24, 2.45) is 0 Å². The number of fused-ring (bicyclic) bond motifs is 1. The summed E-state index contributed by atoms with van der Waals surface area (Å²) in [6.45, 7) is 2.19. The van der Waals surface area contributed by atoms with Crippen molar-refractivity contribution >= 4 is 16.8 Å². The molecule has 4 rings (SSSR count). The Morgan fingerprint density at radius 3 is 2.48 bits per heavy atom. The SMILES string of the molecule is Cc1ccc2nc(-c3ccccc3F)cc(C(=O)NCc3ccc(F)cc3)c2c1. The zero-order valence-electron chi connectivity index (χ0n) is 15.7. The second-order valence-corrected chi connectivity index (χ2v) is 6.86. The van der Waals surface area contributed by atoms with E-state index in [0.29, 0.717) is 27.7 Å². The maximum Gasteiger partial charge on any atom is 0.252 e. The number of nitrogens with zero attached hydrogens (tertiary/aromatic N) is 1. The molecule has 0 spiro atoms. The maximum atomic E-state index is 14.3. The van der Waals surface area contributed by atoms with Gasteiger partial charge in [-0.15, -0.1) is 0 Å². The summed E-state index contributed by atoms with van der Waals surface area (Å²) in [5.74, 6) is -1.03. The Hall–Kier alpha value is -3.60. The molecule has 3 aromatic carbocycles. The Morgan fingerprint density at radius 1 is 0.966 bits per heavy atom. The van der Waals surface area contributed by atoms with Crippen LogP contribution in [0.2, 0.25) is 0 Å². The lowest BCUT2D eigenvalue weighted by Crippen LogP contribution is -2.23. The van der Waals surface area contributed by atoms with Crippen molar-refractivity contribution in [3.05, 3.63) is 101 Å². The van der Waals surface area contributed by atoms with Crippen molar-refractivity contribution < 1.29 is 13.6 Å². The molecule has 1 N–H and O–H groups in total. The van der Waals surface area contributed by atoms with Crippen LogP contribution in [0.5, 0.6) is 0 Å². The van der Waals surface area contributed by atoms with Crippen LogP contribution in [-0.2, 0) is 6.54 Å². The number of hydrogen-bond donors (Lipinski definition) is 1. The molecule has 0 radical (unpaired) electrons. The number of carbonyl (C=O) groups is 1. The summed E-state index contributed by atoms with van der Waals surface area (Å²) in [5, 5.41) is 3.55. The van der Waals surface area contributed by atoms with E-state index in [-0.39, 0.29) is 18.3 Å². The first-order chi connectivity index (χ1) is 14.0. The predicted molar refractivity (Wildman–Crippen MR) is 109 cm³/mol. The summed E-state index contributed by atoms with van der Waals surface area (Å²) in [5.41, 5.74) is 3.53. The molecule has 0 saturated heterocycles. The van der Waals surface area contributed by atoms with Gasteiger partial charge in [0.05, 0.1) is 16.8 Å². The van der Waals surface area contributed by atoms with Crippen molar-refractivity contribution in [2.75, 3.05) is 0 Å². The monoisotopic (exact) mass is 388 g/mol. The summed E-state index contributed by atoms with van der Waals surface area (Å²) in [6, 6.07) is 19.5. The molecule has 1 aromatic heterocycles. The van der Waals surface area contributed by atoms with Crippen molar-refractivity contribution in [2.45, 2.75) is 13.5 Å². The number of halogens is 2. The van der Waals surface area contributed by atoms with Gasteiger partial charge in [0.2, 0.25) is 0 Å². The lowest BCUT2D eigenvalue weighted by molar-refractivity contribution is 0.0952. The Kier molecular flexibility index (Phi) is 5.04. The minimum atomic E-state index is -0.399. The van der Waals surface area contributed by atoms with E-state index in [4.69, 9.17) is 0 Å². The van der Waals surface area contributed by atoms with E-state index in [1.165, 1.54) is 18.2 Å². The van der Waals surface area contributed by atoms with Crippen LogP contribution in [0.3, 0.4) is 0 Å². The highest BCUT2D eigenvalue weighted by molar-refractivity contribution is 6.07. The fraction of sp³-hybridized carbons (Fsp3) is 0.0833. The van der Waals surface area contributed by atoms with Crippen molar-refractivity contribution in [3.63, 3.8) is 0 Å². The molecular formula is C24H18F2N2O. The molecule has 5 heteroatoms. The lowest BCUT2D eigenvalue weighted by Gasteiger charge is -2.12. The molecule has 4 aromatic rings. The second kappa shape index (κ2) is 7.80. The second-order valence-electron chi connectivity index (χ2n) is 6.86. The van der Waals surface area contributed by atoms with Gasteiger partial charge in [0, 0.05) is 17.5 Å². The third-order valence-electron chi connectivity index (χ3n) is 4.72. The first-order valence-corrected chi connectivity index (χ1v) is 9.20. The van der Waals surface area contributed by atoms with E-state index < -0.39 is 5.82 Å². The van der Waals surface area contributed by atoms with Gasteiger partial charge < -0.3 is 5.32 Å². The topological polar surface area (TPSA) is 42.0 Å². The summed E-state index contributed by atoms with van der Waals surface area (Å²) in [7, 11) is 0. The molecule has 1 amide bonds. The largest absolute Gasteiger partial charge is 0.348 e. The molecule has 0 atom stereocenters. The Bertz CT molecular complexity index is 1200. The van der Waals surface area contributed by atoms with Gasteiger partial charge in [-0.25, -0.2) is 13.8 Å². The average Bonchev–Trinajstić information content (AvgIpc) is 2.73. The van der Waals surface area contributed by atoms with Gasteiger partial charge in [-0.1, -0.05) is 35.9 Å². The average molecular weight is 388 g/mol. The number of aryl methyl sites for hydroxylation is 1. The normalized spacial score (nSPS) is 10.9.